The number of nitrogens with zero attached hydrogens (tertiary/aromatic N) is 1. The van der Waals surface area contributed by atoms with Crippen LogP contribution >= 0.6 is 8.28 Å². The third kappa shape index (κ3) is 2.51. The molecule has 0 N–H and O–H groups in total. The van der Waals surface area contributed by atoms with Crippen molar-refractivity contribution in [1.29, 1.82) is 0 Å². The average Bonchev–Trinajstić information content (AvgIpc) is 1.37. The van der Waals surface area contributed by atoms with Crippen LogP contribution in [0.4, 0.5) is 0 Å². The molecule has 0 saturated carbocycles. The van der Waals surface area contributed by atoms with Crippen molar-refractivity contribution >= 4 is 25.8 Å². The van der Waals surface area contributed by atoms with Gasteiger partial charge < -0.3 is 0 Å². The molecule has 0 rings (SSSR count). The standard InChI is InChI=1S/BH4NPSi/c1-2-3-4/h3H,4H3. The molecule has 1 unspecified atom stereocenters. The van der Waals surface area contributed by atoms with Crippen LogP contribution in [0.1, 0.15) is 0 Å². The summed E-state index contributed by atoms with van der Waals surface area (Å²) in [6.07, 6.45) is 0. The Kier molecular flexibility index (Phi) is 3.96. The average molecular weight is 87.9 g/mol. The van der Waals surface area contributed by atoms with Crippen molar-refractivity contribution in [1.82, 2.24) is 0 Å². The molecule has 4 heavy (non-hydrogen) atoms. The van der Waals surface area contributed by atoms with Crippen LogP contribution in [0.5, 0.6) is 0 Å². The molecule has 0 aliphatic carbocycles. The molecule has 0 amide bonds. The van der Waals surface area contributed by atoms with Gasteiger partial charge in [0.1, 0.15) is 0 Å². The van der Waals surface area contributed by atoms with E-state index in [4.69, 9.17) is 7.64 Å². The van der Waals surface area contributed by atoms with E-state index in [1.807, 2.05) is 0 Å². The first-order valence-electron chi connectivity index (χ1n) is 0.982. The van der Waals surface area contributed by atoms with Crippen molar-refractivity contribution in [3.05, 3.63) is 0 Å². The molecule has 0 aromatic heterocycles. The second-order valence-electron chi connectivity index (χ2n) is 0.353. The molecular formula is H4BNPSi. The van der Waals surface area contributed by atoms with Crippen LogP contribution in [0.3, 0.4) is 0 Å². The molecule has 0 aliphatic rings. The first kappa shape index (κ1) is 4.51. The predicted octanol–water partition coefficient (Wildman–Crippen LogP) is -0.788. The molecule has 0 fully saturated rings. The summed E-state index contributed by atoms with van der Waals surface area (Å²) in [6, 6.07) is 0. The van der Waals surface area contributed by atoms with Crippen molar-refractivity contribution < 1.29 is 0 Å². The third-order valence-electron chi connectivity index (χ3n) is 0.129. The SMILES string of the molecule is [B]=NP[SiH3]. The molecular weight excluding hydrogens is 83.9 g/mol. The van der Waals surface area contributed by atoms with Gasteiger partial charge in [-0.15, -0.1) is 0 Å². The Hall–Kier alpha value is 0.512. The van der Waals surface area contributed by atoms with Gasteiger partial charge in [-0.2, -0.15) is 0 Å². The summed E-state index contributed by atoms with van der Waals surface area (Å²) in [5.74, 6) is 0. The molecule has 0 bridgehead atoms. The summed E-state index contributed by atoms with van der Waals surface area (Å²) in [6.45, 7) is 0. The number of rotatable bonds is 1. The molecule has 1 radical (unpaired) electrons. The molecule has 0 aromatic carbocycles. The van der Waals surface area contributed by atoms with Gasteiger partial charge in [0.2, 0.25) is 0 Å². The van der Waals surface area contributed by atoms with Gasteiger partial charge in [0.15, 0.2) is 0 Å². The Morgan fingerprint density at radius 1 is 2.00 bits per heavy atom. The summed E-state index contributed by atoms with van der Waals surface area (Å²) in [4.78, 5) is 0. The first-order valence-corrected chi connectivity index (χ1v) is 5.43. The normalized spacial score (nSPS) is 9.75. The van der Waals surface area contributed by atoms with Crippen molar-refractivity contribution in [3.8, 4) is 0 Å². The molecule has 1 nitrogen and oxygen atoms in total. The van der Waals surface area contributed by atoms with Gasteiger partial charge in [0, 0.05) is 0 Å². The topological polar surface area (TPSA) is 12.4 Å². The van der Waals surface area contributed by atoms with Crippen LogP contribution in [0.2, 0.25) is 0 Å². The van der Waals surface area contributed by atoms with Crippen molar-refractivity contribution in [2.45, 2.75) is 0 Å². The number of hydrogen-bond acceptors (Lipinski definition) is 1. The fourth-order valence-electron chi connectivity index (χ4n) is 0. The van der Waals surface area contributed by atoms with E-state index in [1.165, 1.54) is 0 Å². The van der Waals surface area contributed by atoms with E-state index in [0.717, 1.165) is 9.91 Å². The predicted molar refractivity (Wildman–Crippen MR) is 26.4 cm³/mol. The molecule has 4 heteroatoms. The van der Waals surface area contributed by atoms with E-state index >= 15 is 0 Å². The molecule has 0 spiro atoms. The molecule has 0 aromatic rings. The minimum absolute atomic E-state index is 0.682. The van der Waals surface area contributed by atoms with Crippen LogP contribution in [0.15, 0.2) is 4.67 Å². The van der Waals surface area contributed by atoms with E-state index in [1.54, 1.807) is 0 Å². The van der Waals surface area contributed by atoms with Crippen molar-refractivity contribution in [2.75, 3.05) is 0 Å². The van der Waals surface area contributed by atoms with Crippen molar-refractivity contribution in [3.63, 3.8) is 0 Å². The molecule has 21 valence electrons. The Morgan fingerprint density at radius 2 is 2.25 bits per heavy atom. The van der Waals surface area contributed by atoms with Gasteiger partial charge >= 0.3 is 30.5 Å². The molecule has 0 heterocycles. The van der Waals surface area contributed by atoms with Crippen LogP contribution in [0, 0.1) is 0 Å². The van der Waals surface area contributed by atoms with E-state index < -0.39 is 0 Å². The van der Waals surface area contributed by atoms with Gasteiger partial charge in [0.05, 0.1) is 0 Å². The van der Waals surface area contributed by atoms with Gasteiger partial charge in [-0.1, -0.05) is 0 Å². The van der Waals surface area contributed by atoms with Crippen LogP contribution in [0.25, 0.3) is 0 Å². The second-order valence-corrected chi connectivity index (χ2v) is 2.40. The van der Waals surface area contributed by atoms with Crippen LogP contribution in [-0.4, -0.2) is 17.5 Å². The van der Waals surface area contributed by atoms with E-state index in [2.05, 4.69) is 4.67 Å². The summed E-state index contributed by atoms with van der Waals surface area (Å²) in [5.41, 5.74) is 0. The Bertz CT molecular complexity index is 22.0. The van der Waals surface area contributed by atoms with E-state index in [9.17, 15) is 0 Å². The Balaban J connectivity index is 2.30. The zero-order valence-electron chi connectivity index (χ0n) is 2.52. The Labute approximate surface area is 31.4 Å². The van der Waals surface area contributed by atoms with E-state index in [-0.39, 0.29) is 0 Å². The minimum atomic E-state index is 0.682. The summed E-state index contributed by atoms with van der Waals surface area (Å²) >= 11 is 0. The van der Waals surface area contributed by atoms with Gasteiger partial charge in [-0.05, 0) is 0 Å². The summed E-state index contributed by atoms with van der Waals surface area (Å²) < 4.78 is 3.33. The zero-order valence-corrected chi connectivity index (χ0v) is 5.52. The first-order chi connectivity index (χ1) is 1.91. The fraction of sp³-hybridized carbons (Fsp3) is 0. The molecule has 0 aliphatic heterocycles. The van der Waals surface area contributed by atoms with Gasteiger partial charge in [0.25, 0.3) is 0 Å². The second kappa shape index (κ2) is 3.51. The van der Waals surface area contributed by atoms with Crippen LogP contribution in [-0.2, 0) is 0 Å². The molecule has 1 atom stereocenters. The monoisotopic (exact) mass is 88.0 g/mol. The zero-order chi connectivity index (χ0) is 3.41. The van der Waals surface area contributed by atoms with Gasteiger partial charge in [-0.3, -0.25) is 0 Å². The summed E-state index contributed by atoms with van der Waals surface area (Å²) in [7, 11) is 6.51. The maximum absolute atomic E-state index is 4.70. The Morgan fingerprint density at radius 3 is 2.25 bits per heavy atom. The third-order valence-corrected chi connectivity index (χ3v) is 1.16. The van der Waals surface area contributed by atoms with E-state index in [0.29, 0.717) is 8.28 Å². The summed E-state index contributed by atoms with van der Waals surface area (Å²) in [5, 5.41) is 0. The molecule has 0 saturated heterocycles. The fourth-order valence-corrected chi connectivity index (χ4v) is 0. The van der Waals surface area contributed by atoms with Crippen molar-refractivity contribution in [2.24, 2.45) is 4.67 Å². The van der Waals surface area contributed by atoms with Crippen LogP contribution < -0.4 is 0 Å². The quantitative estimate of drug-likeness (QED) is 0.294. The number of hydrogen-bond donors (Lipinski definition) is 0. The maximum atomic E-state index is 4.70. The van der Waals surface area contributed by atoms with Gasteiger partial charge in [-0.25, -0.2) is 0 Å².